The van der Waals surface area contributed by atoms with Gasteiger partial charge in [-0.1, -0.05) is 18.5 Å². The van der Waals surface area contributed by atoms with Crippen molar-refractivity contribution >= 4 is 27.6 Å². The third-order valence-electron chi connectivity index (χ3n) is 4.09. The maximum atomic E-state index is 11.8. The van der Waals surface area contributed by atoms with Gasteiger partial charge in [0.1, 0.15) is 0 Å². The molecular formula is C16H23ClN2O4S. The van der Waals surface area contributed by atoms with E-state index in [1.165, 1.54) is 6.07 Å². The number of hydrogen-bond acceptors (Lipinski definition) is 4. The molecule has 1 fully saturated rings. The number of nitrogens with one attached hydrogen (secondary N) is 1. The fourth-order valence-corrected chi connectivity index (χ4v) is 4.44. The van der Waals surface area contributed by atoms with Gasteiger partial charge in [0.05, 0.1) is 11.3 Å². The maximum Gasteiger partial charge on any atom is 0.335 e. The van der Waals surface area contributed by atoms with Crippen LogP contribution in [-0.2, 0) is 16.6 Å². The quantitative estimate of drug-likeness (QED) is 0.764. The molecule has 0 aliphatic carbocycles. The minimum atomic E-state index is -3.18. The van der Waals surface area contributed by atoms with E-state index in [0.717, 1.165) is 31.5 Å². The third-order valence-corrected chi connectivity index (χ3v) is 6.10. The Morgan fingerprint density at radius 1 is 1.38 bits per heavy atom. The minimum Gasteiger partial charge on any atom is -0.478 e. The van der Waals surface area contributed by atoms with Crippen molar-refractivity contribution in [3.8, 4) is 0 Å². The van der Waals surface area contributed by atoms with Crippen molar-refractivity contribution in [1.82, 2.24) is 9.62 Å². The number of sulfonamides is 1. The van der Waals surface area contributed by atoms with Crippen LogP contribution in [0.1, 0.15) is 42.1 Å². The number of halogens is 1. The molecule has 1 saturated heterocycles. The number of carbonyl (C=O) groups is 1. The maximum absolute atomic E-state index is 11.8. The summed E-state index contributed by atoms with van der Waals surface area (Å²) in [5.41, 5.74) is 0.998. The zero-order valence-electron chi connectivity index (χ0n) is 13.7. The van der Waals surface area contributed by atoms with Crippen LogP contribution in [0, 0.1) is 0 Å². The van der Waals surface area contributed by atoms with E-state index in [9.17, 15) is 13.2 Å². The topological polar surface area (TPSA) is 86.7 Å². The van der Waals surface area contributed by atoms with Gasteiger partial charge in [-0.3, -0.25) is 4.90 Å². The van der Waals surface area contributed by atoms with Crippen LogP contribution in [0.2, 0.25) is 5.02 Å². The van der Waals surface area contributed by atoms with E-state index in [0.29, 0.717) is 18.0 Å². The monoisotopic (exact) mass is 374 g/mol. The molecular weight excluding hydrogens is 352 g/mol. The average molecular weight is 375 g/mol. The third kappa shape index (κ3) is 5.44. The Balaban J connectivity index is 1.92. The Kier molecular flexibility index (Phi) is 6.62. The molecule has 0 unspecified atom stereocenters. The molecule has 1 aliphatic rings. The molecule has 2 N–H and O–H groups in total. The van der Waals surface area contributed by atoms with Crippen LogP contribution in [0.3, 0.4) is 0 Å². The van der Waals surface area contributed by atoms with Crippen molar-refractivity contribution in [2.24, 2.45) is 0 Å². The van der Waals surface area contributed by atoms with Crippen molar-refractivity contribution in [2.45, 2.75) is 38.8 Å². The van der Waals surface area contributed by atoms with Gasteiger partial charge in [0, 0.05) is 30.7 Å². The summed E-state index contributed by atoms with van der Waals surface area (Å²) in [6.45, 7) is 3.89. The lowest BCUT2D eigenvalue weighted by Crippen LogP contribution is -2.44. The van der Waals surface area contributed by atoms with Gasteiger partial charge in [-0.25, -0.2) is 17.9 Å². The highest BCUT2D eigenvalue weighted by molar-refractivity contribution is 7.89. The van der Waals surface area contributed by atoms with Gasteiger partial charge >= 0.3 is 5.97 Å². The SMILES string of the molecule is CCCS(=O)(=O)NC1CCN(Cc2cc(C(=O)O)ccc2Cl)CC1. The van der Waals surface area contributed by atoms with Crippen LogP contribution in [0.25, 0.3) is 0 Å². The molecule has 6 nitrogen and oxygen atoms in total. The lowest BCUT2D eigenvalue weighted by Gasteiger charge is -2.32. The fourth-order valence-electron chi connectivity index (χ4n) is 2.86. The van der Waals surface area contributed by atoms with Crippen LogP contribution in [0.15, 0.2) is 18.2 Å². The summed E-state index contributed by atoms with van der Waals surface area (Å²) in [6, 6.07) is 4.66. The van der Waals surface area contributed by atoms with Gasteiger partial charge in [-0.15, -0.1) is 0 Å². The van der Waals surface area contributed by atoms with Crippen molar-refractivity contribution < 1.29 is 18.3 Å². The van der Waals surface area contributed by atoms with Crippen molar-refractivity contribution in [3.05, 3.63) is 34.3 Å². The van der Waals surface area contributed by atoms with Crippen LogP contribution < -0.4 is 4.72 Å². The molecule has 0 bridgehead atoms. The van der Waals surface area contributed by atoms with E-state index in [1.807, 2.05) is 6.92 Å². The first-order chi connectivity index (χ1) is 11.3. The Morgan fingerprint density at radius 3 is 2.62 bits per heavy atom. The first kappa shape index (κ1) is 19.2. The smallest absolute Gasteiger partial charge is 0.335 e. The van der Waals surface area contributed by atoms with Gasteiger partial charge < -0.3 is 5.11 Å². The largest absolute Gasteiger partial charge is 0.478 e. The Bertz CT molecular complexity index is 685. The van der Waals surface area contributed by atoms with Gasteiger partial charge in [0.2, 0.25) is 10.0 Å². The number of carboxylic acids is 1. The highest BCUT2D eigenvalue weighted by atomic mass is 35.5. The number of nitrogens with zero attached hydrogens (tertiary/aromatic N) is 1. The van der Waals surface area contributed by atoms with Crippen molar-refractivity contribution in [3.63, 3.8) is 0 Å². The molecule has 134 valence electrons. The highest BCUT2D eigenvalue weighted by Crippen LogP contribution is 2.22. The molecule has 8 heteroatoms. The zero-order chi connectivity index (χ0) is 17.7. The second-order valence-electron chi connectivity index (χ2n) is 6.10. The summed E-state index contributed by atoms with van der Waals surface area (Å²) in [6.07, 6.45) is 2.07. The number of piperidine rings is 1. The summed E-state index contributed by atoms with van der Waals surface area (Å²) < 4.78 is 26.4. The first-order valence-electron chi connectivity index (χ1n) is 8.05. The molecule has 0 spiro atoms. The number of likely N-dealkylation sites (tertiary alicyclic amines) is 1. The predicted molar refractivity (Wildman–Crippen MR) is 93.9 cm³/mol. The summed E-state index contributed by atoms with van der Waals surface area (Å²) in [7, 11) is -3.18. The molecule has 2 rings (SSSR count). The number of rotatable bonds is 7. The molecule has 1 aromatic rings. The summed E-state index contributed by atoms with van der Waals surface area (Å²) in [5, 5.41) is 9.62. The van der Waals surface area contributed by atoms with E-state index in [-0.39, 0.29) is 17.4 Å². The van der Waals surface area contributed by atoms with Crippen LogP contribution in [0.4, 0.5) is 0 Å². The minimum absolute atomic E-state index is 0.0291. The van der Waals surface area contributed by atoms with Gasteiger partial charge in [0.25, 0.3) is 0 Å². The Labute approximate surface area is 147 Å². The van der Waals surface area contributed by atoms with Gasteiger partial charge in [0.15, 0.2) is 0 Å². The molecule has 0 aromatic heterocycles. The Hall–Kier alpha value is -1.15. The second-order valence-corrected chi connectivity index (χ2v) is 8.38. The summed E-state index contributed by atoms with van der Waals surface area (Å²) in [5.74, 6) is -0.817. The average Bonchev–Trinajstić information content (AvgIpc) is 2.50. The summed E-state index contributed by atoms with van der Waals surface area (Å²) >= 11 is 6.16. The number of hydrogen-bond donors (Lipinski definition) is 2. The van der Waals surface area contributed by atoms with Gasteiger partial charge in [-0.2, -0.15) is 0 Å². The normalized spacial score (nSPS) is 17.1. The molecule has 1 heterocycles. The van der Waals surface area contributed by atoms with E-state index >= 15 is 0 Å². The van der Waals surface area contributed by atoms with E-state index in [4.69, 9.17) is 16.7 Å². The number of aromatic carboxylic acids is 1. The molecule has 0 radical (unpaired) electrons. The molecule has 0 atom stereocenters. The number of carboxylic acid groups (broad SMARTS) is 1. The van der Waals surface area contributed by atoms with E-state index in [1.54, 1.807) is 12.1 Å². The lowest BCUT2D eigenvalue weighted by atomic mass is 10.0. The number of benzene rings is 1. The Morgan fingerprint density at radius 2 is 2.04 bits per heavy atom. The van der Waals surface area contributed by atoms with Crippen LogP contribution in [-0.4, -0.2) is 49.3 Å². The standard InChI is InChI=1S/C16H23ClN2O4S/c1-2-9-24(22,23)18-14-5-7-19(8-6-14)11-13-10-12(16(20)21)3-4-15(13)17/h3-4,10,14,18H,2,5-9,11H2,1H3,(H,20,21). The van der Waals surface area contributed by atoms with E-state index in [2.05, 4.69) is 9.62 Å². The van der Waals surface area contributed by atoms with Crippen molar-refractivity contribution in [1.29, 1.82) is 0 Å². The molecule has 24 heavy (non-hydrogen) atoms. The fraction of sp³-hybridized carbons (Fsp3) is 0.562. The second kappa shape index (κ2) is 8.29. The van der Waals surface area contributed by atoms with Crippen LogP contribution in [0.5, 0.6) is 0 Å². The first-order valence-corrected chi connectivity index (χ1v) is 10.1. The molecule has 0 amide bonds. The molecule has 1 aromatic carbocycles. The predicted octanol–water partition coefficient (Wildman–Crippen LogP) is 2.33. The van der Waals surface area contributed by atoms with Gasteiger partial charge in [-0.05, 0) is 43.0 Å². The van der Waals surface area contributed by atoms with Crippen molar-refractivity contribution in [2.75, 3.05) is 18.8 Å². The van der Waals surface area contributed by atoms with E-state index < -0.39 is 16.0 Å². The van der Waals surface area contributed by atoms with Crippen LogP contribution >= 0.6 is 11.6 Å². The highest BCUT2D eigenvalue weighted by Gasteiger charge is 2.23. The summed E-state index contributed by atoms with van der Waals surface area (Å²) in [4.78, 5) is 13.2. The molecule has 1 aliphatic heterocycles. The molecule has 0 saturated carbocycles. The lowest BCUT2D eigenvalue weighted by molar-refractivity contribution is 0.0696. The zero-order valence-corrected chi connectivity index (χ0v) is 15.2.